The molecule has 4 nitrogen and oxygen atoms in total. The first-order valence-corrected chi connectivity index (χ1v) is 7.86. The van der Waals surface area contributed by atoms with Crippen LogP contribution in [-0.2, 0) is 0 Å². The molecule has 0 fully saturated rings. The number of thiocarbonyl (C=S) groups is 1. The Morgan fingerprint density at radius 2 is 1.73 bits per heavy atom. The van der Waals surface area contributed by atoms with Gasteiger partial charge in [-0.15, -0.1) is 0 Å². The van der Waals surface area contributed by atoms with E-state index in [9.17, 15) is 0 Å². The van der Waals surface area contributed by atoms with Crippen LogP contribution in [0.15, 0.2) is 54.9 Å². The largest absolute Gasteiger partial charge is 0.357 e. The van der Waals surface area contributed by atoms with Gasteiger partial charge in [0.15, 0.2) is 5.11 Å². The maximum Gasteiger partial charge on any atom is 0.167 e. The van der Waals surface area contributed by atoms with E-state index in [2.05, 4.69) is 41.8 Å². The number of nitrogens with one attached hydrogen (secondary N) is 3. The van der Waals surface area contributed by atoms with Crippen molar-refractivity contribution in [3.8, 4) is 0 Å². The molecule has 0 aliphatic carbocycles. The Hall–Kier alpha value is -1.98. The highest BCUT2D eigenvalue weighted by atomic mass is 32.1. The van der Waals surface area contributed by atoms with Gasteiger partial charge in [-0.25, -0.2) is 0 Å². The van der Waals surface area contributed by atoms with E-state index in [4.69, 9.17) is 12.2 Å². The SMILES string of the molecule is C[NH+](C)CCNC(=S)N[C@@H](c1ccccc1)c1ccncc1. The molecule has 0 unspecified atom stereocenters. The fourth-order valence-corrected chi connectivity index (χ4v) is 2.39. The molecule has 1 aromatic carbocycles. The lowest BCUT2D eigenvalue weighted by atomic mass is 10.00. The van der Waals surface area contributed by atoms with Gasteiger partial charge in [-0.1, -0.05) is 30.3 Å². The van der Waals surface area contributed by atoms with Crippen LogP contribution in [0.4, 0.5) is 0 Å². The average Bonchev–Trinajstić information content (AvgIpc) is 2.54. The van der Waals surface area contributed by atoms with E-state index >= 15 is 0 Å². The van der Waals surface area contributed by atoms with Gasteiger partial charge in [0.1, 0.15) is 0 Å². The summed E-state index contributed by atoms with van der Waals surface area (Å²) in [5, 5.41) is 7.35. The second-order valence-electron chi connectivity index (χ2n) is 5.48. The van der Waals surface area contributed by atoms with Crippen molar-refractivity contribution in [3.05, 3.63) is 66.0 Å². The van der Waals surface area contributed by atoms with Crippen LogP contribution in [0, 0.1) is 0 Å². The Morgan fingerprint density at radius 3 is 2.36 bits per heavy atom. The van der Waals surface area contributed by atoms with Crippen molar-refractivity contribution in [1.82, 2.24) is 15.6 Å². The second-order valence-corrected chi connectivity index (χ2v) is 5.89. The molecule has 0 saturated heterocycles. The Bertz CT molecular complexity index is 532. The van der Waals surface area contributed by atoms with E-state index in [1.807, 2.05) is 30.3 Å². The first-order valence-electron chi connectivity index (χ1n) is 7.45. The van der Waals surface area contributed by atoms with E-state index in [0.29, 0.717) is 5.11 Å². The van der Waals surface area contributed by atoms with Gasteiger partial charge in [0.2, 0.25) is 0 Å². The number of pyridine rings is 1. The topological polar surface area (TPSA) is 41.4 Å². The lowest BCUT2D eigenvalue weighted by Gasteiger charge is -2.22. The zero-order valence-corrected chi connectivity index (χ0v) is 13.9. The van der Waals surface area contributed by atoms with Crippen molar-refractivity contribution in [2.24, 2.45) is 0 Å². The van der Waals surface area contributed by atoms with Crippen LogP contribution in [0.25, 0.3) is 0 Å². The third kappa shape index (κ3) is 5.09. The highest BCUT2D eigenvalue weighted by Crippen LogP contribution is 2.21. The van der Waals surface area contributed by atoms with Crippen LogP contribution >= 0.6 is 12.2 Å². The number of quaternary nitrogens is 1. The first kappa shape index (κ1) is 16.4. The van der Waals surface area contributed by atoms with Crippen LogP contribution in [0.1, 0.15) is 17.2 Å². The van der Waals surface area contributed by atoms with Crippen molar-refractivity contribution in [1.29, 1.82) is 0 Å². The molecule has 3 N–H and O–H groups in total. The zero-order chi connectivity index (χ0) is 15.8. The third-order valence-corrected chi connectivity index (χ3v) is 3.62. The molecule has 1 heterocycles. The Labute approximate surface area is 137 Å². The second kappa shape index (κ2) is 8.46. The van der Waals surface area contributed by atoms with Crippen LogP contribution in [0.2, 0.25) is 0 Å². The van der Waals surface area contributed by atoms with Gasteiger partial charge in [-0.05, 0) is 35.5 Å². The number of likely N-dealkylation sites (N-methyl/N-ethyl adjacent to an activating group) is 1. The smallest absolute Gasteiger partial charge is 0.167 e. The van der Waals surface area contributed by atoms with Gasteiger partial charge in [0.05, 0.1) is 33.2 Å². The zero-order valence-electron chi connectivity index (χ0n) is 13.0. The van der Waals surface area contributed by atoms with E-state index in [0.717, 1.165) is 18.7 Å². The molecule has 5 heteroatoms. The van der Waals surface area contributed by atoms with Crippen LogP contribution < -0.4 is 15.5 Å². The van der Waals surface area contributed by atoms with Crippen LogP contribution in [0.3, 0.4) is 0 Å². The third-order valence-electron chi connectivity index (χ3n) is 3.36. The highest BCUT2D eigenvalue weighted by molar-refractivity contribution is 7.80. The molecule has 116 valence electrons. The summed E-state index contributed by atoms with van der Waals surface area (Å²) in [6, 6.07) is 14.3. The first-order chi connectivity index (χ1) is 10.7. The number of benzene rings is 1. The van der Waals surface area contributed by atoms with Gasteiger partial charge in [-0.2, -0.15) is 0 Å². The predicted octanol–water partition coefficient (Wildman–Crippen LogP) is 0.780. The van der Waals surface area contributed by atoms with Crippen molar-refractivity contribution in [2.45, 2.75) is 6.04 Å². The number of rotatable bonds is 6. The maximum absolute atomic E-state index is 5.44. The molecule has 1 atom stereocenters. The number of hydrogen-bond acceptors (Lipinski definition) is 2. The summed E-state index contributed by atoms with van der Waals surface area (Å²) in [6.07, 6.45) is 3.61. The molecule has 2 aromatic rings. The average molecular weight is 315 g/mol. The lowest BCUT2D eigenvalue weighted by molar-refractivity contribution is -0.856. The molecule has 0 spiro atoms. The Balaban J connectivity index is 2.08. The summed E-state index contributed by atoms with van der Waals surface area (Å²) >= 11 is 5.44. The van der Waals surface area contributed by atoms with E-state index in [-0.39, 0.29) is 6.04 Å². The van der Waals surface area contributed by atoms with Crippen molar-refractivity contribution >= 4 is 17.3 Å². The molecule has 22 heavy (non-hydrogen) atoms. The summed E-state index contributed by atoms with van der Waals surface area (Å²) in [7, 11) is 4.25. The van der Waals surface area contributed by atoms with Gasteiger partial charge in [0.25, 0.3) is 0 Å². The number of aromatic nitrogens is 1. The minimum atomic E-state index is 0.0240. The molecule has 0 aliphatic rings. The molecule has 0 bridgehead atoms. The maximum atomic E-state index is 5.44. The summed E-state index contributed by atoms with van der Waals surface area (Å²) in [5.41, 5.74) is 2.32. The highest BCUT2D eigenvalue weighted by Gasteiger charge is 2.14. The van der Waals surface area contributed by atoms with E-state index in [1.165, 1.54) is 10.5 Å². The Kier molecular flexibility index (Phi) is 6.30. The standard InChI is InChI=1S/C17H22N4S/c1-21(2)13-12-19-17(22)20-16(14-6-4-3-5-7-14)15-8-10-18-11-9-15/h3-11,16H,12-13H2,1-2H3,(H2,19,20,22)/p+1/t16-/m0/s1. The van der Waals surface area contributed by atoms with Gasteiger partial charge in [0, 0.05) is 12.4 Å². The van der Waals surface area contributed by atoms with E-state index < -0.39 is 0 Å². The molecule has 0 saturated carbocycles. The van der Waals surface area contributed by atoms with Crippen LogP contribution in [0.5, 0.6) is 0 Å². The predicted molar refractivity (Wildman–Crippen MR) is 93.9 cm³/mol. The van der Waals surface area contributed by atoms with Crippen molar-refractivity contribution in [2.75, 3.05) is 27.2 Å². The molecule has 0 amide bonds. The quantitative estimate of drug-likeness (QED) is 0.689. The summed E-state index contributed by atoms with van der Waals surface area (Å²) in [4.78, 5) is 5.48. The molecular formula is C17H23N4S+. The van der Waals surface area contributed by atoms with Crippen molar-refractivity contribution in [3.63, 3.8) is 0 Å². The fraction of sp³-hybridized carbons (Fsp3) is 0.294. The van der Waals surface area contributed by atoms with E-state index in [1.54, 1.807) is 12.4 Å². The van der Waals surface area contributed by atoms with Crippen molar-refractivity contribution < 1.29 is 4.90 Å². The lowest BCUT2D eigenvalue weighted by Crippen LogP contribution is -3.06. The Morgan fingerprint density at radius 1 is 1.09 bits per heavy atom. The van der Waals surface area contributed by atoms with Crippen LogP contribution in [-0.4, -0.2) is 37.3 Å². The monoisotopic (exact) mass is 315 g/mol. The molecule has 0 radical (unpaired) electrons. The molecule has 0 aliphatic heterocycles. The number of nitrogens with zero attached hydrogens (tertiary/aromatic N) is 1. The molecule has 2 rings (SSSR count). The summed E-state index contributed by atoms with van der Waals surface area (Å²) in [6.45, 7) is 1.87. The van der Waals surface area contributed by atoms with Gasteiger partial charge >= 0.3 is 0 Å². The minimum absolute atomic E-state index is 0.0240. The fourth-order valence-electron chi connectivity index (χ4n) is 2.17. The van der Waals surface area contributed by atoms with Gasteiger partial charge in [-0.3, -0.25) is 4.98 Å². The summed E-state index contributed by atoms with van der Waals surface area (Å²) in [5.74, 6) is 0. The van der Waals surface area contributed by atoms with Gasteiger partial charge < -0.3 is 15.5 Å². The molecular weight excluding hydrogens is 292 g/mol. The molecule has 1 aromatic heterocycles. The number of hydrogen-bond donors (Lipinski definition) is 3. The normalized spacial score (nSPS) is 12.0. The minimum Gasteiger partial charge on any atom is -0.357 e. The summed E-state index contributed by atoms with van der Waals surface area (Å²) < 4.78 is 0.